The lowest BCUT2D eigenvalue weighted by atomic mass is 10.0. The van der Waals surface area contributed by atoms with Crippen LogP contribution in [0.3, 0.4) is 0 Å². The molecule has 96 valence electrons. The molecule has 0 radical (unpaired) electrons. The number of rotatable bonds is 1. The van der Waals surface area contributed by atoms with Crippen molar-refractivity contribution in [3.8, 4) is 17.0 Å². The Morgan fingerprint density at radius 1 is 1.05 bits per heavy atom. The zero-order valence-corrected chi connectivity index (χ0v) is 10.9. The Bertz CT molecular complexity index is 868. The van der Waals surface area contributed by atoms with Crippen LogP contribution in [0.15, 0.2) is 48.7 Å². The van der Waals surface area contributed by atoms with E-state index in [4.69, 9.17) is 4.74 Å². The van der Waals surface area contributed by atoms with Crippen LogP contribution < -0.4 is 4.74 Å². The molecule has 3 heteroatoms. The highest BCUT2D eigenvalue weighted by Crippen LogP contribution is 2.45. The third-order valence-corrected chi connectivity index (χ3v) is 3.74. The molecular weight excluding hydrogens is 250 g/mol. The smallest absolute Gasteiger partial charge is 0.196 e. The summed E-state index contributed by atoms with van der Waals surface area (Å²) < 4.78 is 5.58. The average Bonchev–Trinajstić information content (AvgIpc) is 2.79. The molecule has 0 N–H and O–H groups in total. The average molecular weight is 261 g/mol. The number of ether oxygens (including phenoxy) is 1. The van der Waals surface area contributed by atoms with Gasteiger partial charge in [-0.25, -0.2) is 0 Å². The Balaban J connectivity index is 2.20. The molecular formula is C17H11NO2. The van der Waals surface area contributed by atoms with Gasteiger partial charge in [-0.05, 0) is 23.6 Å². The molecule has 0 bridgehead atoms. The van der Waals surface area contributed by atoms with E-state index in [1.54, 1.807) is 19.4 Å². The first kappa shape index (κ1) is 11.2. The highest BCUT2D eigenvalue weighted by atomic mass is 16.5. The molecule has 1 aromatic heterocycles. The second-order valence-electron chi connectivity index (χ2n) is 4.78. The van der Waals surface area contributed by atoms with Crippen molar-refractivity contribution in [3.63, 3.8) is 0 Å². The molecule has 0 atom stereocenters. The lowest BCUT2D eigenvalue weighted by Gasteiger charge is -2.11. The number of ketones is 1. The molecule has 0 spiro atoms. The maximum absolute atomic E-state index is 12.5. The summed E-state index contributed by atoms with van der Waals surface area (Å²) in [6, 6.07) is 13.4. The quantitative estimate of drug-likeness (QED) is 0.526. The molecule has 2 aromatic carbocycles. The van der Waals surface area contributed by atoms with E-state index >= 15 is 0 Å². The second-order valence-corrected chi connectivity index (χ2v) is 4.78. The first-order valence-electron chi connectivity index (χ1n) is 6.41. The summed E-state index contributed by atoms with van der Waals surface area (Å²) in [5.74, 6) is 0.746. The van der Waals surface area contributed by atoms with Crippen LogP contribution in [0.1, 0.15) is 15.9 Å². The first-order valence-corrected chi connectivity index (χ1v) is 6.41. The normalized spacial score (nSPS) is 12.3. The zero-order chi connectivity index (χ0) is 13.7. The number of methoxy groups -OCH3 is 1. The number of carbonyl (C=O) groups is 1. The molecule has 3 nitrogen and oxygen atoms in total. The van der Waals surface area contributed by atoms with E-state index in [0.29, 0.717) is 11.1 Å². The molecule has 0 aliphatic heterocycles. The van der Waals surface area contributed by atoms with E-state index in [1.807, 2.05) is 36.4 Å². The van der Waals surface area contributed by atoms with Crippen LogP contribution in [-0.2, 0) is 0 Å². The molecule has 1 heterocycles. The largest absolute Gasteiger partial charge is 0.495 e. The van der Waals surface area contributed by atoms with Crippen LogP contribution in [0.4, 0.5) is 0 Å². The van der Waals surface area contributed by atoms with Gasteiger partial charge in [0.15, 0.2) is 5.78 Å². The molecule has 0 unspecified atom stereocenters. The van der Waals surface area contributed by atoms with Crippen LogP contribution in [-0.4, -0.2) is 17.9 Å². The van der Waals surface area contributed by atoms with Crippen molar-refractivity contribution in [2.75, 3.05) is 7.11 Å². The summed E-state index contributed by atoms with van der Waals surface area (Å²) in [6.45, 7) is 0. The maximum Gasteiger partial charge on any atom is 0.196 e. The SMILES string of the molecule is COc1c2c(cc3ccccc13)C(=O)c1cccnc1-2. The summed E-state index contributed by atoms with van der Waals surface area (Å²) in [6.07, 6.45) is 1.70. The third kappa shape index (κ3) is 1.29. The minimum absolute atomic E-state index is 0.0205. The first-order chi connectivity index (χ1) is 9.81. The minimum Gasteiger partial charge on any atom is -0.495 e. The van der Waals surface area contributed by atoms with Gasteiger partial charge in [-0.15, -0.1) is 0 Å². The number of benzene rings is 2. The predicted octanol–water partition coefficient (Wildman–Crippen LogP) is 3.45. The molecule has 1 aliphatic carbocycles. The number of carbonyl (C=O) groups excluding carboxylic acids is 1. The Morgan fingerprint density at radius 3 is 2.75 bits per heavy atom. The Morgan fingerprint density at radius 2 is 1.90 bits per heavy atom. The molecule has 0 saturated carbocycles. The molecule has 4 rings (SSSR count). The predicted molar refractivity (Wildman–Crippen MR) is 77.2 cm³/mol. The van der Waals surface area contributed by atoms with Gasteiger partial charge in [0.05, 0.1) is 18.4 Å². The van der Waals surface area contributed by atoms with E-state index < -0.39 is 0 Å². The van der Waals surface area contributed by atoms with E-state index in [0.717, 1.165) is 27.8 Å². The number of pyridine rings is 1. The van der Waals surface area contributed by atoms with Crippen LogP contribution in [0.5, 0.6) is 5.75 Å². The Labute approximate surface area is 115 Å². The van der Waals surface area contributed by atoms with Crippen molar-refractivity contribution in [2.45, 2.75) is 0 Å². The third-order valence-electron chi connectivity index (χ3n) is 3.74. The molecule has 0 fully saturated rings. The van der Waals surface area contributed by atoms with Gasteiger partial charge in [-0.3, -0.25) is 9.78 Å². The minimum atomic E-state index is 0.0205. The monoisotopic (exact) mass is 261 g/mol. The van der Waals surface area contributed by atoms with Crippen LogP contribution >= 0.6 is 0 Å². The summed E-state index contributed by atoms with van der Waals surface area (Å²) in [5.41, 5.74) is 2.85. The van der Waals surface area contributed by atoms with Gasteiger partial charge in [0.25, 0.3) is 0 Å². The van der Waals surface area contributed by atoms with E-state index in [1.165, 1.54) is 0 Å². The van der Waals surface area contributed by atoms with Crippen molar-refractivity contribution in [2.24, 2.45) is 0 Å². The van der Waals surface area contributed by atoms with Crippen molar-refractivity contribution in [3.05, 3.63) is 59.8 Å². The Hall–Kier alpha value is -2.68. The second kappa shape index (κ2) is 3.90. The fourth-order valence-corrected chi connectivity index (χ4v) is 2.87. The highest BCUT2D eigenvalue weighted by molar-refractivity contribution is 6.24. The van der Waals surface area contributed by atoms with Gasteiger partial charge in [-0.2, -0.15) is 0 Å². The van der Waals surface area contributed by atoms with Gasteiger partial charge < -0.3 is 4.74 Å². The number of fused-ring (bicyclic) bond motifs is 4. The van der Waals surface area contributed by atoms with Crippen LogP contribution in [0.2, 0.25) is 0 Å². The lowest BCUT2D eigenvalue weighted by Crippen LogP contribution is -1.96. The van der Waals surface area contributed by atoms with Crippen LogP contribution in [0.25, 0.3) is 22.0 Å². The summed E-state index contributed by atoms with van der Waals surface area (Å²) in [4.78, 5) is 16.9. The van der Waals surface area contributed by atoms with E-state index in [9.17, 15) is 4.79 Å². The van der Waals surface area contributed by atoms with Crippen molar-refractivity contribution < 1.29 is 9.53 Å². The van der Waals surface area contributed by atoms with E-state index in [-0.39, 0.29) is 5.78 Å². The standard InChI is InChI=1S/C17H11NO2/c1-20-17-11-6-3-2-5-10(11)9-13-14(17)15-12(16(13)19)7-4-8-18-15/h2-9H,1H3. The van der Waals surface area contributed by atoms with Crippen LogP contribution in [0, 0.1) is 0 Å². The molecule has 0 saturated heterocycles. The van der Waals surface area contributed by atoms with Gasteiger partial charge >= 0.3 is 0 Å². The van der Waals surface area contributed by atoms with Gasteiger partial charge in [0.1, 0.15) is 5.75 Å². The molecule has 20 heavy (non-hydrogen) atoms. The number of hydrogen-bond acceptors (Lipinski definition) is 3. The topological polar surface area (TPSA) is 39.2 Å². The molecule has 3 aromatic rings. The Kier molecular flexibility index (Phi) is 2.18. The number of aromatic nitrogens is 1. The number of hydrogen-bond donors (Lipinski definition) is 0. The maximum atomic E-state index is 12.5. The van der Waals surface area contributed by atoms with Gasteiger partial charge in [0.2, 0.25) is 0 Å². The number of nitrogens with zero attached hydrogens (tertiary/aromatic N) is 1. The van der Waals surface area contributed by atoms with Gasteiger partial charge in [0, 0.05) is 22.7 Å². The molecule has 0 amide bonds. The molecule has 1 aliphatic rings. The van der Waals surface area contributed by atoms with Gasteiger partial charge in [-0.1, -0.05) is 24.3 Å². The zero-order valence-electron chi connectivity index (χ0n) is 10.9. The highest BCUT2D eigenvalue weighted by Gasteiger charge is 2.31. The summed E-state index contributed by atoms with van der Waals surface area (Å²) in [5, 5.41) is 2.00. The summed E-state index contributed by atoms with van der Waals surface area (Å²) in [7, 11) is 1.63. The lowest BCUT2D eigenvalue weighted by molar-refractivity contribution is 0.104. The van der Waals surface area contributed by atoms with Crippen molar-refractivity contribution in [1.82, 2.24) is 4.98 Å². The van der Waals surface area contributed by atoms with Crippen molar-refractivity contribution >= 4 is 16.6 Å². The fraction of sp³-hybridized carbons (Fsp3) is 0.0588. The van der Waals surface area contributed by atoms with E-state index in [2.05, 4.69) is 4.98 Å². The van der Waals surface area contributed by atoms with Crippen molar-refractivity contribution in [1.29, 1.82) is 0 Å². The fourth-order valence-electron chi connectivity index (χ4n) is 2.87. The summed E-state index contributed by atoms with van der Waals surface area (Å²) >= 11 is 0.